The van der Waals surface area contributed by atoms with Gasteiger partial charge in [-0.3, -0.25) is 4.79 Å². The number of fused-ring (bicyclic) bond motifs is 1. The van der Waals surface area contributed by atoms with Crippen molar-refractivity contribution in [2.45, 2.75) is 39.4 Å². The molecule has 0 fully saturated rings. The van der Waals surface area contributed by atoms with Crippen molar-refractivity contribution < 1.29 is 9.53 Å². The predicted octanol–water partition coefficient (Wildman–Crippen LogP) is 1.92. The highest BCUT2D eigenvalue weighted by Crippen LogP contribution is 2.31. The van der Waals surface area contributed by atoms with Crippen molar-refractivity contribution in [3.05, 3.63) is 35.8 Å². The molecule has 2 aromatic rings. The van der Waals surface area contributed by atoms with Gasteiger partial charge in [-0.1, -0.05) is 0 Å². The minimum atomic E-state index is -0.120. The molecule has 118 valence electrons. The van der Waals surface area contributed by atoms with E-state index in [9.17, 15) is 4.79 Å². The molecule has 0 radical (unpaired) electrons. The van der Waals surface area contributed by atoms with Gasteiger partial charge in [0.25, 0.3) is 0 Å². The number of amides is 1. The average Bonchev–Trinajstić information content (AvgIpc) is 3.12. The summed E-state index contributed by atoms with van der Waals surface area (Å²) in [4.78, 5) is 13.8. The van der Waals surface area contributed by atoms with Gasteiger partial charge in [-0.25, -0.2) is 4.68 Å². The van der Waals surface area contributed by atoms with E-state index in [1.165, 1.54) is 7.11 Å². The number of ether oxygens (including phenoxy) is 1. The Kier molecular flexibility index (Phi) is 3.56. The smallest absolute Gasteiger partial charge is 0.249 e. The fourth-order valence-electron chi connectivity index (χ4n) is 2.80. The zero-order chi connectivity index (χ0) is 15.9. The minimum Gasteiger partial charge on any atom is -0.375 e. The third-order valence-electron chi connectivity index (χ3n) is 3.83. The number of nitrogens with zero attached hydrogens (tertiary/aromatic N) is 4. The lowest BCUT2D eigenvalue weighted by atomic mass is 10.1. The molecule has 0 saturated heterocycles. The van der Waals surface area contributed by atoms with Crippen molar-refractivity contribution in [2.75, 3.05) is 13.7 Å². The van der Waals surface area contributed by atoms with Crippen molar-refractivity contribution in [2.24, 2.45) is 0 Å². The summed E-state index contributed by atoms with van der Waals surface area (Å²) in [5.41, 5.74) is 1.98. The van der Waals surface area contributed by atoms with Crippen molar-refractivity contribution in [3.63, 3.8) is 0 Å². The van der Waals surface area contributed by atoms with Gasteiger partial charge in [0.1, 0.15) is 12.4 Å². The van der Waals surface area contributed by atoms with Crippen LogP contribution < -0.4 is 0 Å². The first-order chi connectivity index (χ1) is 10.4. The Morgan fingerprint density at radius 1 is 1.27 bits per heavy atom. The predicted molar refractivity (Wildman–Crippen MR) is 82.7 cm³/mol. The Balaban J connectivity index is 2.01. The molecule has 0 aromatic carbocycles. The van der Waals surface area contributed by atoms with E-state index in [2.05, 4.69) is 30.0 Å². The van der Waals surface area contributed by atoms with Crippen LogP contribution >= 0.6 is 0 Å². The summed E-state index contributed by atoms with van der Waals surface area (Å²) in [6, 6.07) is 3.99. The average molecular weight is 302 g/mol. The van der Waals surface area contributed by atoms with E-state index in [0.29, 0.717) is 13.1 Å². The maximum Gasteiger partial charge on any atom is 0.249 e. The lowest BCUT2D eigenvalue weighted by molar-refractivity contribution is -0.135. The zero-order valence-corrected chi connectivity index (χ0v) is 13.5. The lowest BCUT2D eigenvalue weighted by Crippen LogP contribution is -2.31. The van der Waals surface area contributed by atoms with Crippen LogP contribution in [0.15, 0.2) is 24.5 Å². The van der Waals surface area contributed by atoms with Crippen LogP contribution in [0.1, 0.15) is 32.0 Å². The largest absolute Gasteiger partial charge is 0.375 e. The first-order valence-electron chi connectivity index (χ1n) is 7.43. The van der Waals surface area contributed by atoms with Gasteiger partial charge in [-0.2, -0.15) is 5.10 Å². The van der Waals surface area contributed by atoms with Gasteiger partial charge in [0.15, 0.2) is 0 Å². The number of hydrogen-bond donors (Lipinski definition) is 0. The second kappa shape index (κ2) is 5.28. The summed E-state index contributed by atoms with van der Waals surface area (Å²) in [5, 5.41) is 4.77. The molecule has 6 nitrogen and oxygen atoms in total. The van der Waals surface area contributed by atoms with Crippen molar-refractivity contribution >= 4 is 5.91 Å². The first kappa shape index (κ1) is 14.8. The number of aromatic nitrogens is 3. The molecule has 0 N–H and O–H groups in total. The molecule has 0 saturated carbocycles. The molecular formula is C16H22N4O2. The summed E-state index contributed by atoms with van der Waals surface area (Å²) >= 11 is 0. The molecule has 6 heteroatoms. The van der Waals surface area contributed by atoms with E-state index in [-0.39, 0.29) is 18.1 Å². The molecule has 0 unspecified atom stereocenters. The highest BCUT2D eigenvalue weighted by Gasteiger charge is 2.33. The SMILES string of the molecule is COCC(=O)N1Cc2nn(C(C)(C)C)c(-n3cccc3)c2C1. The Morgan fingerprint density at radius 3 is 2.55 bits per heavy atom. The van der Waals surface area contributed by atoms with Gasteiger partial charge in [0, 0.05) is 25.1 Å². The van der Waals surface area contributed by atoms with Crippen molar-refractivity contribution in [1.29, 1.82) is 0 Å². The molecule has 1 amide bonds. The number of carbonyl (C=O) groups excluding carboxylic acids is 1. The Hall–Kier alpha value is -2.08. The normalized spacial score (nSPS) is 14.5. The van der Waals surface area contributed by atoms with E-state index in [0.717, 1.165) is 17.1 Å². The minimum absolute atomic E-state index is 0.00117. The van der Waals surface area contributed by atoms with Crippen molar-refractivity contribution in [3.8, 4) is 5.82 Å². The molecule has 1 aliphatic rings. The number of hydrogen-bond acceptors (Lipinski definition) is 3. The second-order valence-electron chi connectivity index (χ2n) is 6.60. The molecule has 0 spiro atoms. The van der Waals surface area contributed by atoms with E-state index >= 15 is 0 Å². The van der Waals surface area contributed by atoms with Gasteiger partial charge in [0.2, 0.25) is 5.91 Å². The molecule has 1 aliphatic heterocycles. The molecule has 0 aliphatic carbocycles. The number of methoxy groups -OCH3 is 1. The summed E-state index contributed by atoms with van der Waals surface area (Å²) in [7, 11) is 1.54. The van der Waals surface area contributed by atoms with Crippen molar-refractivity contribution in [1.82, 2.24) is 19.2 Å². The van der Waals surface area contributed by atoms with Gasteiger partial charge in [-0.05, 0) is 32.9 Å². The standard InChI is InChI=1S/C16H22N4O2/c1-16(2,3)20-15(18-7-5-6-8-18)12-9-19(10-13(12)17-20)14(21)11-22-4/h5-8H,9-11H2,1-4H3. The fourth-order valence-corrected chi connectivity index (χ4v) is 2.80. The molecule has 0 atom stereocenters. The topological polar surface area (TPSA) is 52.3 Å². The third-order valence-corrected chi connectivity index (χ3v) is 3.83. The molecule has 2 aromatic heterocycles. The first-order valence-corrected chi connectivity index (χ1v) is 7.43. The molecule has 0 bridgehead atoms. The molecule has 3 heterocycles. The van der Waals surface area contributed by atoms with Crippen LogP contribution in [0.5, 0.6) is 0 Å². The fraction of sp³-hybridized carbons (Fsp3) is 0.500. The Morgan fingerprint density at radius 2 is 1.95 bits per heavy atom. The quantitative estimate of drug-likeness (QED) is 0.870. The van der Waals surface area contributed by atoms with E-state index in [1.54, 1.807) is 4.90 Å². The van der Waals surface area contributed by atoms with E-state index in [1.807, 2.05) is 24.5 Å². The maximum atomic E-state index is 12.1. The third kappa shape index (κ3) is 2.43. The second-order valence-corrected chi connectivity index (χ2v) is 6.60. The van der Waals surface area contributed by atoms with Crippen LogP contribution in [0.25, 0.3) is 5.82 Å². The summed E-state index contributed by atoms with van der Waals surface area (Å²) < 4.78 is 9.07. The van der Waals surface area contributed by atoms with Gasteiger partial charge in [-0.15, -0.1) is 0 Å². The highest BCUT2D eigenvalue weighted by molar-refractivity contribution is 5.78. The van der Waals surface area contributed by atoms with Crippen LogP contribution in [0.3, 0.4) is 0 Å². The van der Waals surface area contributed by atoms with Gasteiger partial charge >= 0.3 is 0 Å². The molecular weight excluding hydrogens is 280 g/mol. The van der Waals surface area contributed by atoms with E-state index < -0.39 is 0 Å². The summed E-state index contributed by atoms with van der Waals surface area (Å²) in [6.45, 7) is 7.65. The van der Waals surface area contributed by atoms with Crippen LogP contribution in [0, 0.1) is 0 Å². The monoisotopic (exact) mass is 302 g/mol. The van der Waals surface area contributed by atoms with Gasteiger partial charge in [0.05, 0.1) is 24.3 Å². The highest BCUT2D eigenvalue weighted by atomic mass is 16.5. The van der Waals surface area contributed by atoms with Crippen LogP contribution in [-0.4, -0.2) is 38.9 Å². The van der Waals surface area contributed by atoms with Crippen LogP contribution in [-0.2, 0) is 28.2 Å². The lowest BCUT2D eigenvalue weighted by Gasteiger charge is -2.24. The molecule has 22 heavy (non-hydrogen) atoms. The summed E-state index contributed by atoms with van der Waals surface area (Å²) in [5.74, 6) is 1.04. The van der Waals surface area contributed by atoms with Crippen LogP contribution in [0.2, 0.25) is 0 Å². The molecule has 3 rings (SSSR count). The Bertz CT molecular complexity index is 680. The van der Waals surface area contributed by atoms with Gasteiger partial charge < -0.3 is 14.2 Å². The zero-order valence-electron chi connectivity index (χ0n) is 13.5. The number of carbonyl (C=O) groups is 1. The number of rotatable bonds is 3. The van der Waals surface area contributed by atoms with Crippen LogP contribution in [0.4, 0.5) is 0 Å². The summed E-state index contributed by atoms with van der Waals surface area (Å²) in [6.07, 6.45) is 4.03. The maximum absolute atomic E-state index is 12.1. The Labute approximate surface area is 130 Å². The van der Waals surface area contributed by atoms with E-state index in [4.69, 9.17) is 9.84 Å².